The number of anilines is 1. The van der Waals surface area contributed by atoms with Crippen LogP contribution in [0.5, 0.6) is 0 Å². The van der Waals surface area contributed by atoms with E-state index < -0.39 is 10.0 Å². The summed E-state index contributed by atoms with van der Waals surface area (Å²) in [5.41, 5.74) is 8.00. The van der Waals surface area contributed by atoms with Crippen LogP contribution in [-0.4, -0.2) is 13.4 Å². The molecule has 2 rings (SSSR count). The van der Waals surface area contributed by atoms with Crippen LogP contribution in [0.25, 0.3) is 0 Å². The van der Waals surface area contributed by atoms with Gasteiger partial charge >= 0.3 is 0 Å². The molecule has 0 aliphatic heterocycles. The number of hydrogen-bond acceptors (Lipinski definition) is 4. The molecule has 1 heterocycles. The topological polar surface area (TPSA) is 85.1 Å². The van der Waals surface area contributed by atoms with Gasteiger partial charge in [-0.2, -0.15) is 0 Å². The summed E-state index contributed by atoms with van der Waals surface area (Å²) in [4.78, 5) is 4.33. The van der Waals surface area contributed by atoms with Gasteiger partial charge in [0.25, 0.3) is 10.0 Å². The van der Waals surface area contributed by atoms with E-state index in [0.29, 0.717) is 10.3 Å². The second kappa shape index (κ2) is 6.13. The monoisotopic (exact) mass is 369 g/mol. The molecule has 2 aromatic rings. The Hall–Kier alpha value is -1.44. The van der Waals surface area contributed by atoms with E-state index in [9.17, 15) is 8.42 Å². The Kier molecular flexibility index (Phi) is 4.65. The maximum atomic E-state index is 12.5. The number of nitrogens with one attached hydrogen (secondary N) is 1. The molecule has 0 saturated heterocycles. The molecule has 112 valence electrons. The van der Waals surface area contributed by atoms with Crippen LogP contribution in [0, 0.1) is 13.8 Å². The molecule has 0 spiro atoms. The fourth-order valence-corrected chi connectivity index (χ4v) is 3.97. The van der Waals surface area contributed by atoms with E-state index in [4.69, 9.17) is 5.73 Å². The second-order valence-corrected chi connectivity index (χ2v) is 7.25. The molecular weight excluding hydrogens is 354 g/mol. The number of nitrogens with zero attached hydrogens (tertiary/aromatic N) is 1. The first-order chi connectivity index (χ1) is 9.81. The number of pyridine rings is 1. The Bertz CT molecular complexity index is 756. The summed E-state index contributed by atoms with van der Waals surface area (Å²) in [6, 6.07) is 8.56. The summed E-state index contributed by atoms with van der Waals surface area (Å²) in [6.07, 6.45) is 0. The molecule has 0 bridgehead atoms. The zero-order chi connectivity index (χ0) is 15.6. The standard InChI is InChI=1S/C14H16BrN3O2S/c1-9-5-10(2)17-14(6-9)18-21(19,20)13-7-11(8-16)3-4-12(13)15/h3-7H,8,16H2,1-2H3,(H,17,18). The minimum atomic E-state index is -3.73. The average Bonchev–Trinajstić information content (AvgIpc) is 2.37. The summed E-state index contributed by atoms with van der Waals surface area (Å²) in [6.45, 7) is 3.98. The highest BCUT2D eigenvalue weighted by molar-refractivity contribution is 9.10. The Morgan fingerprint density at radius 1 is 1.24 bits per heavy atom. The zero-order valence-corrected chi connectivity index (χ0v) is 14.1. The number of aryl methyl sites for hydroxylation is 2. The summed E-state index contributed by atoms with van der Waals surface area (Å²) in [7, 11) is -3.73. The van der Waals surface area contributed by atoms with Gasteiger partial charge in [0, 0.05) is 16.7 Å². The fraction of sp³-hybridized carbons (Fsp3) is 0.214. The molecule has 0 aliphatic rings. The minimum Gasteiger partial charge on any atom is -0.326 e. The van der Waals surface area contributed by atoms with Crippen LogP contribution in [0.3, 0.4) is 0 Å². The number of rotatable bonds is 4. The lowest BCUT2D eigenvalue weighted by atomic mass is 10.2. The lowest BCUT2D eigenvalue weighted by Gasteiger charge is -2.11. The van der Waals surface area contributed by atoms with Crippen LogP contribution in [0.4, 0.5) is 5.82 Å². The van der Waals surface area contributed by atoms with Crippen molar-refractivity contribution in [1.29, 1.82) is 0 Å². The zero-order valence-electron chi connectivity index (χ0n) is 11.7. The van der Waals surface area contributed by atoms with Gasteiger partial charge in [-0.05, 0) is 65.2 Å². The van der Waals surface area contributed by atoms with Crippen LogP contribution in [0.1, 0.15) is 16.8 Å². The molecule has 0 unspecified atom stereocenters. The third-order valence-corrected chi connectivity index (χ3v) is 5.21. The third kappa shape index (κ3) is 3.81. The molecule has 0 fully saturated rings. The van der Waals surface area contributed by atoms with Gasteiger partial charge in [0.15, 0.2) is 0 Å². The molecular formula is C14H16BrN3O2S. The van der Waals surface area contributed by atoms with Crippen LogP contribution in [0.2, 0.25) is 0 Å². The molecule has 0 radical (unpaired) electrons. The van der Waals surface area contributed by atoms with Gasteiger partial charge in [-0.25, -0.2) is 13.4 Å². The van der Waals surface area contributed by atoms with Gasteiger partial charge in [-0.1, -0.05) is 6.07 Å². The van der Waals surface area contributed by atoms with E-state index in [1.807, 2.05) is 19.9 Å². The minimum absolute atomic E-state index is 0.145. The molecule has 0 saturated carbocycles. The predicted octanol–water partition coefficient (Wildman–Crippen LogP) is 2.72. The van der Waals surface area contributed by atoms with Gasteiger partial charge in [0.2, 0.25) is 0 Å². The van der Waals surface area contributed by atoms with Crippen molar-refractivity contribution >= 4 is 31.8 Å². The fourth-order valence-electron chi connectivity index (χ4n) is 1.97. The predicted molar refractivity (Wildman–Crippen MR) is 86.6 cm³/mol. The Morgan fingerprint density at radius 2 is 1.95 bits per heavy atom. The van der Waals surface area contributed by atoms with Crippen molar-refractivity contribution in [2.24, 2.45) is 5.73 Å². The Balaban J connectivity index is 2.42. The lowest BCUT2D eigenvalue weighted by Crippen LogP contribution is -2.15. The third-order valence-electron chi connectivity index (χ3n) is 2.86. The van der Waals surface area contributed by atoms with Gasteiger partial charge in [0.05, 0.1) is 0 Å². The van der Waals surface area contributed by atoms with Gasteiger partial charge < -0.3 is 5.73 Å². The lowest BCUT2D eigenvalue weighted by molar-refractivity contribution is 0.600. The van der Waals surface area contributed by atoms with Crippen molar-refractivity contribution < 1.29 is 8.42 Å². The van der Waals surface area contributed by atoms with Crippen molar-refractivity contribution in [3.8, 4) is 0 Å². The number of sulfonamides is 1. The van der Waals surface area contributed by atoms with E-state index in [1.54, 1.807) is 24.3 Å². The Labute approximate surface area is 132 Å². The highest BCUT2D eigenvalue weighted by Crippen LogP contribution is 2.25. The summed E-state index contributed by atoms with van der Waals surface area (Å²) in [5, 5.41) is 0. The van der Waals surface area contributed by atoms with Crippen LogP contribution >= 0.6 is 15.9 Å². The molecule has 1 aromatic heterocycles. The van der Waals surface area contributed by atoms with Crippen molar-refractivity contribution in [2.45, 2.75) is 25.3 Å². The first-order valence-electron chi connectivity index (χ1n) is 6.28. The molecule has 3 N–H and O–H groups in total. The number of aromatic nitrogens is 1. The van der Waals surface area contributed by atoms with Gasteiger partial charge in [-0.15, -0.1) is 0 Å². The molecule has 0 atom stereocenters. The number of hydrogen-bond donors (Lipinski definition) is 2. The van der Waals surface area contributed by atoms with Gasteiger partial charge in [0.1, 0.15) is 10.7 Å². The summed E-state index contributed by atoms with van der Waals surface area (Å²) in [5.74, 6) is 0.303. The SMILES string of the molecule is Cc1cc(C)nc(NS(=O)(=O)c2cc(CN)ccc2Br)c1. The highest BCUT2D eigenvalue weighted by atomic mass is 79.9. The smallest absolute Gasteiger partial charge is 0.264 e. The molecule has 7 heteroatoms. The second-order valence-electron chi connectivity index (χ2n) is 4.75. The molecule has 5 nitrogen and oxygen atoms in total. The van der Waals surface area contributed by atoms with E-state index in [0.717, 1.165) is 16.8 Å². The molecule has 1 aromatic carbocycles. The van der Waals surface area contributed by atoms with Gasteiger partial charge in [-0.3, -0.25) is 4.72 Å². The average molecular weight is 370 g/mol. The molecule has 0 amide bonds. The summed E-state index contributed by atoms with van der Waals surface area (Å²) < 4.78 is 28.0. The summed E-state index contributed by atoms with van der Waals surface area (Å²) >= 11 is 3.26. The van der Waals surface area contributed by atoms with E-state index in [-0.39, 0.29) is 11.4 Å². The quantitative estimate of drug-likeness (QED) is 0.867. The Morgan fingerprint density at radius 3 is 2.57 bits per heavy atom. The van der Waals surface area contributed by atoms with Crippen molar-refractivity contribution in [3.05, 3.63) is 51.6 Å². The van der Waals surface area contributed by atoms with Crippen LogP contribution < -0.4 is 10.5 Å². The maximum absolute atomic E-state index is 12.5. The molecule has 0 aliphatic carbocycles. The number of nitrogens with two attached hydrogens (primary N) is 1. The van der Waals surface area contributed by atoms with E-state index in [2.05, 4.69) is 25.6 Å². The van der Waals surface area contributed by atoms with E-state index in [1.165, 1.54) is 0 Å². The molecule has 21 heavy (non-hydrogen) atoms. The van der Waals surface area contributed by atoms with E-state index >= 15 is 0 Å². The number of benzene rings is 1. The highest BCUT2D eigenvalue weighted by Gasteiger charge is 2.19. The normalized spacial score (nSPS) is 11.4. The van der Waals surface area contributed by atoms with Crippen molar-refractivity contribution in [1.82, 2.24) is 4.98 Å². The van der Waals surface area contributed by atoms with Crippen molar-refractivity contribution in [3.63, 3.8) is 0 Å². The van der Waals surface area contributed by atoms with Crippen LogP contribution in [-0.2, 0) is 16.6 Å². The number of halogens is 1. The maximum Gasteiger partial charge on any atom is 0.264 e. The first-order valence-corrected chi connectivity index (χ1v) is 8.56. The largest absolute Gasteiger partial charge is 0.326 e. The van der Waals surface area contributed by atoms with Crippen LogP contribution in [0.15, 0.2) is 39.7 Å². The van der Waals surface area contributed by atoms with Crippen molar-refractivity contribution in [2.75, 3.05) is 4.72 Å². The first kappa shape index (κ1) is 15.9.